The van der Waals surface area contributed by atoms with Crippen LogP contribution < -0.4 is 10.4 Å². The van der Waals surface area contributed by atoms with E-state index in [1.165, 1.54) is 24.2 Å². The summed E-state index contributed by atoms with van der Waals surface area (Å²) in [4.78, 5) is 39.1. The minimum Gasteiger partial charge on any atom is -0.490 e. The molecule has 0 aliphatic carbocycles. The first-order valence-corrected chi connectivity index (χ1v) is 11.4. The molecule has 5 aromatic rings. The van der Waals surface area contributed by atoms with E-state index in [1.54, 1.807) is 22.8 Å². The van der Waals surface area contributed by atoms with Crippen LogP contribution in [0.3, 0.4) is 0 Å². The summed E-state index contributed by atoms with van der Waals surface area (Å²) >= 11 is 0. The van der Waals surface area contributed by atoms with Crippen LogP contribution in [0.15, 0.2) is 47.7 Å². The van der Waals surface area contributed by atoms with Gasteiger partial charge in [-0.3, -0.25) is 18.5 Å². The van der Waals surface area contributed by atoms with Crippen LogP contribution in [-0.4, -0.2) is 48.3 Å². The zero-order valence-corrected chi connectivity index (χ0v) is 19.8. The monoisotopic (exact) mass is 517 g/mol. The van der Waals surface area contributed by atoms with Crippen molar-refractivity contribution in [2.45, 2.75) is 19.0 Å². The SMILES string of the molecule is COC(=O)Cn1c(=O)n(C2CCOc3c(F)cc(F)cc32)c2nc(-n3cnc4ccc(C#N)cc43)ncc21. The van der Waals surface area contributed by atoms with Crippen molar-refractivity contribution in [2.75, 3.05) is 13.7 Å². The number of esters is 1. The second kappa shape index (κ2) is 8.77. The molecule has 4 heterocycles. The maximum atomic E-state index is 14.5. The first kappa shape index (κ1) is 23.3. The lowest BCUT2D eigenvalue weighted by Crippen LogP contribution is -2.32. The van der Waals surface area contributed by atoms with Gasteiger partial charge >= 0.3 is 11.7 Å². The minimum absolute atomic E-state index is 0.0668. The summed E-state index contributed by atoms with van der Waals surface area (Å²) < 4.78 is 43.0. The fourth-order valence-corrected chi connectivity index (χ4v) is 4.71. The van der Waals surface area contributed by atoms with Crippen molar-refractivity contribution in [3.63, 3.8) is 0 Å². The highest BCUT2D eigenvalue weighted by Gasteiger charge is 2.31. The Morgan fingerprint density at radius 3 is 2.87 bits per heavy atom. The number of hydrogen-bond acceptors (Lipinski definition) is 8. The van der Waals surface area contributed by atoms with E-state index >= 15 is 0 Å². The number of aromatic nitrogens is 6. The van der Waals surface area contributed by atoms with Gasteiger partial charge in [-0.2, -0.15) is 10.2 Å². The fraction of sp³-hybridized carbons (Fsp3) is 0.200. The number of ether oxygens (including phenoxy) is 2. The normalized spacial score (nSPS) is 14.7. The summed E-state index contributed by atoms with van der Waals surface area (Å²) in [5, 5.41) is 9.31. The summed E-state index contributed by atoms with van der Waals surface area (Å²) in [6, 6.07) is 8.02. The second-order valence-electron chi connectivity index (χ2n) is 8.58. The Balaban J connectivity index is 1.61. The van der Waals surface area contributed by atoms with Crippen LogP contribution >= 0.6 is 0 Å². The average Bonchev–Trinajstić information content (AvgIpc) is 3.46. The fourth-order valence-electron chi connectivity index (χ4n) is 4.71. The van der Waals surface area contributed by atoms with E-state index in [1.807, 2.05) is 0 Å². The molecule has 190 valence electrons. The van der Waals surface area contributed by atoms with E-state index in [0.717, 1.165) is 10.6 Å². The highest BCUT2D eigenvalue weighted by molar-refractivity contribution is 5.80. The van der Waals surface area contributed by atoms with Gasteiger partial charge in [-0.1, -0.05) is 0 Å². The Morgan fingerprint density at radius 1 is 1.24 bits per heavy atom. The van der Waals surface area contributed by atoms with Gasteiger partial charge in [-0.05, 0) is 24.3 Å². The van der Waals surface area contributed by atoms with E-state index in [4.69, 9.17) is 9.47 Å². The highest BCUT2D eigenvalue weighted by atomic mass is 19.1. The molecule has 0 amide bonds. The summed E-state index contributed by atoms with van der Waals surface area (Å²) in [6.07, 6.45) is 3.08. The van der Waals surface area contributed by atoms with E-state index in [0.29, 0.717) is 22.7 Å². The van der Waals surface area contributed by atoms with Gasteiger partial charge in [0.2, 0.25) is 5.95 Å². The van der Waals surface area contributed by atoms with Crippen molar-refractivity contribution in [1.29, 1.82) is 5.26 Å². The molecule has 11 nitrogen and oxygen atoms in total. The van der Waals surface area contributed by atoms with Gasteiger partial charge in [-0.25, -0.2) is 23.5 Å². The van der Waals surface area contributed by atoms with Gasteiger partial charge in [0.05, 0.1) is 48.6 Å². The molecule has 0 radical (unpaired) electrons. The molecule has 1 unspecified atom stereocenters. The van der Waals surface area contributed by atoms with Crippen molar-refractivity contribution in [1.82, 2.24) is 28.7 Å². The van der Waals surface area contributed by atoms with Crippen LogP contribution in [0, 0.1) is 23.0 Å². The number of carbonyl (C=O) groups excluding carboxylic acids is 1. The predicted molar refractivity (Wildman–Crippen MR) is 128 cm³/mol. The quantitative estimate of drug-likeness (QED) is 0.333. The van der Waals surface area contributed by atoms with E-state index in [-0.39, 0.29) is 41.5 Å². The number of nitriles is 1. The molecule has 0 saturated heterocycles. The number of carbonyl (C=O) groups is 1. The second-order valence-corrected chi connectivity index (χ2v) is 8.58. The van der Waals surface area contributed by atoms with Crippen LogP contribution in [0.2, 0.25) is 0 Å². The lowest BCUT2D eigenvalue weighted by molar-refractivity contribution is -0.141. The molecule has 0 spiro atoms. The Morgan fingerprint density at radius 2 is 2.08 bits per heavy atom. The van der Waals surface area contributed by atoms with E-state index < -0.39 is 35.9 Å². The molecule has 1 aliphatic heterocycles. The summed E-state index contributed by atoms with van der Waals surface area (Å²) in [5.74, 6) is -2.40. The number of fused-ring (bicyclic) bond motifs is 3. The number of benzene rings is 2. The molecule has 2 aromatic carbocycles. The van der Waals surface area contributed by atoms with Gasteiger partial charge in [0, 0.05) is 18.1 Å². The molecule has 6 rings (SSSR count). The Labute approximate surface area is 212 Å². The molecule has 13 heteroatoms. The standard InChI is InChI=1S/C25H17F2N7O4/c1-37-21(35)11-32-20-10-29-24(33-12-30-17-3-2-13(9-28)6-19(17)33)31-23(20)34(25(32)36)18-4-5-38-22-15(18)7-14(26)8-16(22)27/h2-3,6-8,10,12,18H,4-5,11H2,1H3. The van der Waals surface area contributed by atoms with Crippen molar-refractivity contribution in [3.8, 4) is 17.8 Å². The first-order valence-electron chi connectivity index (χ1n) is 11.4. The van der Waals surface area contributed by atoms with Crippen molar-refractivity contribution in [3.05, 3.63) is 76.1 Å². The zero-order chi connectivity index (χ0) is 26.6. The number of imidazole rings is 2. The minimum atomic E-state index is -0.885. The lowest BCUT2D eigenvalue weighted by atomic mass is 10.00. The molecule has 38 heavy (non-hydrogen) atoms. The first-order chi connectivity index (χ1) is 18.4. The Bertz CT molecular complexity index is 1870. The van der Waals surface area contributed by atoms with Crippen LogP contribution in [0.4, 0.5) is 8.78 Å². The maximum absolute atomic E-state index is 14.5. The van der Waals surface area contributed by atoms with Crippen molar-refractivity contribution in [2.24, 2.45) is 0 Å². The molecule has 3 aromatic heterocycles. The number of methoxy groups -OCH3 is 1. The third kappa shape index (κ3) is 3.57. The lowest BCUT2D eigenvalue weighted by Gasteiger charge is -2.27. The Kier molecular flexibility index (Phi) is 5.37. The number of hydrogen-bond donors (Lipinski definition) is 0. The summed E-state index contributed by atoms with van der Waals surface area (Å²) in [6.45, 7) is -0.355. The van der Waals surface area contributed by atoms with E-state index in [9.17, 15) is 23.6 Å². The molecule has 0 N–H and O–H groups in total. The topological polar surface area (TPSA) is 130 Å². The van der Waals surface area contributed by atoms with Crippen molar-refractivity contribution < 1.29 is 23.0 Å². The van der Waals surface area contributed by atoms with Gasteiger partial charge in [0.25, 0.3) is 0 Å². The maximum Gasteiger partial charge on any atom is 0.331 e. The number of nitrogens with zero attached hydrogens (tertiary/aromatic N) is 7. The number of halogens is 2. The Hall–Kier alpha value is -5.12. The largest absolute Gasteiger partial charge is 0.490 e. The smallest absolute Gasteiger partial charge is 0.331 e. The van der Waals surface area contributed by atoms with Crippen LogP contribution in [-0.2, 0) is 16.1 Å². The highest BCUT2D eigenvalue weighted by Crippen LogP contribution is 2.38. The average molecular weight is 517 g/mol. The van der Waals surface area contributed by atoms with Gasteiger partial charge in [-0.15, -0.1) is 0 Å². The summed E-state index contributed by atoms with van der Waals surface area (Å²) in [7, 11) is 1.20. The molecular formula is C25H17F2N7O4. The molecular weight excluding hydrogens is 500 g/mol. The third-order valence-electron chi connectivity index (χ3n) is 6.45. The van der Waals surface area contributed by atoms with Crippen LogP contribution in [0.5, 0.6) is 5.75 Å². The zero-order valence-electron chi connectivity index (χ0n) is 19.8. The summed E-state index contributed by atoms with van der Waals surface area (Å²) in [5.41, 5.74) is 1.41. The van der Waals surface area contributed by atoms with Crippen LogP contribution in [0.1, 0.15) is 23.6 Å². The van der Waals surface area contributed by atoms with Gasteiger partial charge < -0.3 is 9.47 Å². The predicted octanol–water partition coefficient (Wildman–Crippen LogP) is 2.63. The van der Waals surface area contributed by atoms with E-state index in [2.05, 4.69) is 21.0 Å². The third-order valence-corrected chi connectivity index (χ3v) is 6.45. The molecule has 0 fully saturated rings. The molecule has 1 atom stereocenters. The number of rotatable bonds is 4. The van der Waals surface area contributed by atoms with Crippen LogP contribution in [0.25, 0.3) is 28.1 Å². The molecule has 1 aliphatic rings. The van der Waals surface area contributed by atoms with Crippen molar-refractivity contribution >= 4 is 28.2 Å². The molecule has 0 bridgehead atoms. The van der Waals surface area contributed by atoms with Gasteiger partial charge in [0.15, 0.2) is 17.2 Å². The van der Waals surface area contributed by atoms with Gasteiger partial charge in [0.1, 0.15) is 24.2 Å². The molecule has 0 saturated carbocycles.